The Labute approximate surface area is 173 Å². The Balaban J connectivity index is 1.65. The Morgan fingerprint density at radius 1 is 1.04 bits per heavy atom. The summed E-state index contributed by atoms with van der Waals surface area (Å²) in [7, 11) is 0. The van der Waals surface area contributed by atoms with Crippen LogP contribution in [-0.4, -0.2) is 23.2 Å². The van der Waals surface area contributed by atoms with Crippen molar-refractivity contribution in [3.05, 3.63) is 71.3 Å². The number of rotatable bonds is 2. The highest BCUT2D eigenvalue weighted by Crippen LogP contribution is 2.40. The molecule has 2 heterocycles. The van der Waals surface area contributed by atoms with Gasteiger partial charge in [-0.2, -0.15) is 10.5 Å². The van der Waals surface area contributed by atoms with E-state index in [4.69, 9.17) is 16.6 Å². The minimum Gasteiger partial charge on any atom is -0.346 e. The van der Waals surface area contributed by atoms with E-state index in [2.05, 4.69) is 49.4 Å². The van der Waals surface area contributed by atoms with E-state index >= 15 is 0 Å². The largest absolute Gasteiger partial charge is 0.346 e. The molecule has 28 heavy (non-hydrogen) atoms. The van der Waals surface area contributed by atoms with Gasteiger partial charge in [-0.25, -0.2) is 0 Å². The molecule has 0 spiro atoms. The first-order valence-electron chi connectivity index (χ1n) is 8.94. The number of anilines is 1. The molecule has 2 aliphatic rings. The zero-order valence-electron chi connectivity index (χ0n) is 15.2. The van der Waals surface area contributed by atoms with Crippen LogP contribution in [0.3, 0.4) is 0 Å². The molecule has 2 aliphatic heterocycles. The van der Waals surface area contributed by atoms with Crippen molar-refractivity contribution >= 4 is 34.1 Å². The van der Waals surface area contributed by atoms with E-state index in [9.17, 15) is 10.5 Å². The van der Waals surface area contributed by atoms with Crippen molar-refractivity contribution in [2.45, 2.75) is 29.9 Å². The predicted molar refractivity (Wildman–Crippen MR) is 114 cm³/mol. The van der Waals surface area contributed by atoms with Crippen LogP contribution >= 0.6 is 23.4 Å². The van der Waals surface area contributed by atoms with Crippen molar-refractivity contribution in [3.8, 4) is 12.1 Å². The van der Waals surface area contributed by atoms with Crippen LogP contribution < -0.4 is 4.90 Å². The highest BCUT2D eigenvalue weighted by atomic mass is 35.5. The first kappa shape index (κ1) is 18.6. The van der Waals surface area contributed by atoms with Crippen LogP contribution in [0.1, 0.15) is 5.56 Å². The summed E-state index contributed by atoms with van der Waals surface area (Å²) in [6.07, 6.45) is 4.05. The van der Waals surface area contributed by atoms with Gasteiger partial charge in [0.15, 0.2) is 0 Å². The van der Waals surface area contributed by atoms with Crippen molar-refractivity contribution in [2.75, 3.05) is 4.90 Å². The SMILES string of the molecule is Cc1ccc(SC2=N[C@H]3[C@@H](C#N)[C@H](C#N)N(c4ccc(Cl)cc4)[C@H]3C=C2)cc1. The minimum absolute atomic E-state index is 0.127. The number of halogens is 1. The lowest BCUT2D eigenvalue weighted by Gasteiger charge is -2.29. The summed E-state index contributed by atoms with van der Waals surface area (Å²) >= 11 is 7.59. The van der Waals surface area contributed by atoms with Crippen molar-refractivity contribution < 1.29 is 0 Å². The molecule has 4 atom stereocenters. The predicted octanol–water partition coefficient (Wildman–Crippen LogP) is 5.00. The zero-order valence-corrected chi connectivity index (χ0v) is 16.7. The number of dihydropyridines is 1. The number of hydrogen-bond acceptors (Lipinski definition) is 5. The average molecular weight is 405 g/mol. The quantitative estimate of drug-likeness (QED) is 0.706. The molecule has 0 N–H and O–H groups in total. The van der Waals surface area contributed by atoms with Gasteiger partial charge >= 0.3 is 0 Å². The number of fused-ring (bicyclic) bond motifs is 1. The summed E-state index contributed by atoms with van der Waals surface area (Å²) in [5, 5.41) is 21.1. The third-order valence-electron chi connectivity index (χ3n) is 5.04. The molecule has 0 aromatic heterocycles. The number of thioether (sulfide) groups is 1. The van der Waals surface area contributed by atoms with E-state index in [-0.39, 0.29) is 12.1 Å². The van der Waals surface area contributed by atoms with E-state index in [1.165, 1.54) is 5.56 Å². The third kappa shape index (κ3) is 3.40. The van der Waals surface area contributed by atoms with Gasteiger partial charge in [0.25, 0.3) is 0 Å². The van der Waals surface area contributed by atoms with Gasteiger partial charge in [-0.1, -0.05) is 47.1 Å². The first-order chi connectivity index (χ1) is 13.6. The first-order valence-corrected chi connectivity index (χ1v) is 10.1. The van der Waals surface area contributed by atoms with Crippen LogP contribution in [-0.2, 0) is 0 Å². The molecule has 138 valence electrons. The summed E-state index contributed by atoms with van der Waals surface area (Å²) < 4.78 is 0. The summed E-state index contributed by atoms with van der Waals surface area (Å²) in [5.41, 5.74) is 2.08. The van der Waals surface area contributed by atoms with Crippen LogP contribution in [0, 0.1) is 35.5 Å². The monoisotopic (exact) mass is 404 g/mol. The van der Waals surface area contributed by atoms with Crippen LogP contribution in [0.4, 0.5) is 5.69 Å². The molecule has 4 nitrogen and oxygen atoms in total. The van der Waals surface area contributed by atoms with Crippen molar-refractivity contribution in [3.63, 3.8) is 0 Å². The summed E-state index contributed by atoms with van der Waals surface area (Å²) in [4.78, 5) is 7.95. The maximum atomic E-state index is 9.78. The zero-order chi connectivity index (χ0) is 19.7. The van der Waals surface area contributed by atoms with Gasteiger partial charge in [-0.15, -0.1) is 0 Å². The fraction of sp³-hybridized carbons (Fsp3) is 0.227. The lowest BCUT2D eigenvalue weighted by Crippen LogP contribution is -2.38. The second-order valence-electron chi connectivity index (χ2n) is 6.84. The molecule has 1 saturated heterocycles. The molecular weight excluding hydrogens is 388 g/mol. The molecule has 0 aliphatic carbocycles. The maximum Gasteiger partial charge on any atom is 0.135 e. The van der Waals surface area contributed by atoms with Crippen LogP contribution in [0.15, 0.2) is 70.6 Å². The summed E-state index contributed by atoms with van der Waals surface area (Å²) in [6, 6.07) is 19.3. The number of benzene rings is 2. The Hall–Kier alpha value is -2.73. The number of hydrogen-bond donors (Lipinski definition) is 0. The maximum absolute atomic E-state index is 9.78. The molecule has 0 saturated carbocycles. The van der Waals surface area contributed by atoms with Gasteiger partial charge in [-0.3, -0.25) is 4.99 Å². The second-order valence-corrected chi connectivity index (χ2v) is 8.37. The van der Waals surface area contributed by atoms with Gasteiger partial charge in [-0.05, 0) is 49.4 Å². The standard InChI is InChI=1S/C22H17ClN4S/c1-14-2-8-17(9-3-14)28-21-11-10-19-22(26-21)18(12-24)20(13-25)27(19)16-6-4-15(23)5-7-16/h2-11,18-20,22H,1H3/t18-,19-,20-,22-/m0/s1. The molecule has 0 radical (unpaired) electrons. The van der Waals surface area contributed by atoms with Gasteiger partial charge in [0, 0.05) is 15.6 Å². The smallest absolute Gasteiger partial charge is 0.135 e. The highest BCUT2D eigenvalue weighted by molar-refractivity contribution is 8.14. The second kappa shape index (κ2) is 7.72. The Morgan fingerprint density at radius 3 is 2.39 bits per heavy atom. The number of aryl methyl sites for hydroxylation is 1. The average Bonchev–Trinajstić information content (AvgIpc) is 3.03. The number of nitriles is 2. The molecule has 6 heteroatoms. The Kier molecular flexibility index (Phi) is 5.13. The van der Waals surface area contributed by atoms with E-state index in [0.29, 0.717) is 5.02 Å². The van der Waals surface area contributed by atoms with Crippen molar-refractivity contribution in [2.24, 2.45) is 10.9 Å². The topological polar surface area (TPSA) is 63.2 Å². The van der Waals surface area contributed by atoms with E-state index in [1.54, 1.807) is 23.9 Å². The fourth-order valence-electron chi connectivity index (χ4n) is 3.68. The molecule has 1 fully saturated rings. The van der Waals surface area contributed by atoms with E-state index in [1.807, 2.05) is 23.1 Å². The molecule has 4 rings (SSSR count). The minimum atomic E-state index is -0.557. The van der Waals surface area contributed by atoms with E-state index < -0.39 is 12.0 Å². The number of nitrogens with zero attached hydrogens (tertiary/aromatic N) is 4. The number of aliphatic imine (C=N–C) groups is 1. The Bertz CT molecular complexity index is 1010. The fourth-order valence-corrected chi connectivity index (χ4v) is 4.64. The van der Waals surface area contributed by atoms with Gasteiger partial charge in [0.2, 0.25) is 0 Å². The molecule has 2 aromatic carbocycles. The normalized spacial score (nSPS) is 25.6. The van der Waals surface area contributed by atoms with Gasteiger partial charge in [0.05, 0.1) is 29.3 Å². The molecule has 0 unspecified atom stereocenters. The van der Waals surface area contributed by atoms with Crippen molar-refractivity contribution in [1.29, 1.82) is 10.5 Å². The third-order valence-corrected chi connectivity index (χ3v) is 6.25. The highest BCUT2D eigenvalue weighted by Gasteiger charge is 2.49. The summed E-state index contributed by atoms with van der Waals surface area (Å²) in [6.45, 7) is 2.06. The Morgan fingerprint density at radius 2 is 1.75 bits per heavy atom. The van der Waals surface area contributed by atoms with Gasteiger partial charge in [0.1, 0.15) is 12.0 Å². The van der Waals surface area contributed by atoms with Crippen LogP contribution in [0.2, 0.25) is 5.02 Å². The molecular formula is C22H17ClN4S. The lowest BCUT2D eigenvalue weighted by molar-refractivity contribution is 0.572. The van der Waals surface area contributed by atoms with E-state index in [0.717, 1.165) is 15.6 Å². The van der Waals surface area contributed by atoms with Crippen LogP contribution in [0.25, 0.3) is 0 Å². The summed E-state index contributed by atoms with van der Waals surface area (Å²) in [5.74, 6) is -0.496. The molecule has 2 aromatic rings. The molecule has 0 amide bonds. The lowest BCUT2D eigenvalue weighted by atomic mass is 9.95. The molecule has 0 bridgehead atoms. The van der Waals surface area contributed by atoms with Crippen molar-refractivity contribution in [1.82, 2.24) is 0 Å². The van der Waals surface area contributed by atoms with Crippen LogP contribution in [0.5, 0.6) is 0 Å². The van der Waals surface area contributed by atoms with Gasteiger partial charge < -0.3 is 4.90 Å².